The summed E-state index contributed by atoms with van der Waals surface area (Å²) in [4.78, 5) is 14.4. The van der Waals surface area contributed by atoms with E-state index in [-0.39, 0.29) is 11.3 Å². The molecule has 6 heteroatoms. The van der Waals surface area contributed by atoms with Crippen molar-refractivity contribution in [2.45, 2.75) is 26.7 Å². The summed E-state index contributed by atoms with van der Waals surface area (Å²) in [6, 6.07) is 0. The van der Waals surface area contributed by atoms with Gasteiger partial charge in [0.05, 0.1) is 11.4 Å². The lowest BCUT2D eigenvalue weighted by molar-refractivity contribution is 0.0887. The predicted molar refractivity (Wildman–Crippen MR) is 74.9 cm³/mol. The topological polar surface area (TPSA) is 87.0 Å². The Morgan fingerprint density at radius 1 is 1.53 bits per heavy atom. The first-order valence-electron chi connectivity index (χ1n) is 6.68. The molecule has 0 aromatic carbocycles. The Kier molecular flexibility index (Phi) is 3.80. The fourth-order valence-corrected chi connectivity index (χ4v) is 2.32. The van der Waals surface area contributed by atoms with Crippen molar-refractivity contribution in [2.75, 3.05) is 32.4 Å². The van der Waals surface area contributed by atoms with E-state index < -0.39 is 0 Å². The minimum absolute atomic E-state index is 0.169. The van der Waals surface area contributed by atoms with Crippen LogP contribution in [-0.2, 0) is 0 Å². The minimum Gasteiger partial charge on any atom is -0.395 e. The smallest absolute Gasteiger partial charge is 0.273 e. The van der Waals surface area contributed by atoms with Crippen LogP contribution in [0.2, 0.25) is 0 Å². The van der Waals surface area contributed by atoms with Crippen LogP contribution in [0.5, 0.6) is 0 Å². The summed E-state index contributed by atoms with van der Waals surface area (Å²) >= 11 is 0. The van der Waals surface area contributed by atoms with E-state index in [1.807, 2.05) is 0 Å². The number of hydrogen-bond acceptors (Lipinski definition) is 4. The van der Waals surface area contributed by atoms with Crippen molar-refractivity contribution in [3.63, 3.8) is 0 Å². The molecule has 106 valence electrons. The van der Waals surface area contributed by atoms with Crippen LogP contribution in [0.15, 0.2) is 0 Å². The third kappa shape index (κ3) is 3.07. The molecule has 1 aromatic rings. The van der Waals surface area contributed by atoms with Crippen LogP contribution in [0.4, 0.5) is 5.69 Å². The molecule has 6 nitrogen and oxygen atoms in total. The van der Waals surface area contributed by atoms with Gasteiger partial charge in [-0.25, -0.2) is 0 Å². The first kappa shape index (κ1) is 13.9. The highest BCUT2D eigenvalue weighted by Crippen LogP contribution is 2.29. The average Bonchev–Trinajstić information content (AvgIpc) is 2.72. The maximum Gasteiger partial charge on any atom is 0.273 e. The summed E-state index contributed by atoms with van der Waals surface area (Å²) in [7, 11) is 2.13. The number of amides is 1. The van der Waals surface area contributed by atoms with Crippen molar-refractivity contribution in [3.8, 4) is 0 Å². The summed E-state index contributed by atoms with van der Waals surface area (Å²) in [6.45, 7) is 6.86. The summed E-state index contributed by atoms with van der Waals surface area (Å²) in [5.74, 6) is -0.193. The summed E-state index contributed by atoms with van der Waals surface area (Å²) < 4.78 is 0. The fraction of sp³-hybridized carbons (Fsp3) is 0.692. The number of hydrogen-bond donors (Lipinski definition) is 3. The lowest BCUT2D eigenvalue weighted by Gasteiger charge is -2.37. The second-order valence-electron chi connectivity index (χ2n) is 5.91. The number of rotatable bonds is 3. The number of likely N-dealkylation sites (tertiary alicyclic amines) is 1. The van der Waals surface area contributed by atoms with E-state index in [2.05, 4.69) is 34.4 Å². The van der Waals surface area contributed by atoms with Gasteiger partial charge in [-0.3, -0.25) is 9.89 Å². The minimum atomic E-state index is -0.193. The molecule has 1 fully saturated rings. The van der Waals surface area contributed by atoms with Crippen molar-refractivity contribution in [1.82, 2.24) is 20.4 Å². The number of nitrogens with two attached hydrogens (primary N) is 1. The van der Waals surface area contributed by atoms with Gasteiger partial charge in [0.1, 0.15) is 0 Å². The van der Waals surface area contributed by atoms with E-state index in [0.29, 0.717) is 17.9 Å². The number of nitrogens with zero attached hydrogens (tertiary/aromatic N) is 2. The fourth-order valence-electron chi connectivity index (χ4n) is 2.32. The highest BCUT2D eigenvalue weighted by molar-refractivity contribution is 5.97. The maximum absolute atomic E-state index is 12.0. The van der Waals surface area contributed by atoms with Gasteiger partial charge < -0.3 is 16.0 Å². The molecule has 1 saturated heterocycles. The molecule has 4 N–H and O–H groups in total. The second-order valence-corrected chi connectivity index (χ2v) is 5.91. The molecule has 0 aliphatic carbocycles. The molecule has 19 heavy (non-hydrogen) atoms. The highest BCUT2D eigenvalue weighted by atomic mass is 16.1. The Morgan fingerprint density at radius 2 is 2.16 bits per heavy atom. The molecule has 0 spiro atoms. The van der Waals surface area contributed by atoms with Gasteiger partial charge in [-0.15, -0.1) is 0 Å². The van der Waals surface area contributed by atoms with Gasteiger partial charge in [0.15, 0.2) is 5.69 Å². The molecule has 2 heterocycles. The Labute approximate surface area is 113 Å². The van der Waals surface area contributed by atoms with Crippen LogP contribution in [0.1, 0.15) is 35.9 Å². The van der Waals surface area contributed by atoms with Crippen LogP contribution >= 0.6 is 0 Å². The number of aromatic amines is 1. The largest absolute Gasteiger partial charge is 0.395 e. The molecule has 1 aromatic heterocycles. The molecule has 1 aliphatic rings. The first-order chi connectivity index (χ1) is 8.91. The third-order valence-corrected chi connectivity index (χ3v) is 4.08. The van der Waals surface area contributed by atoms with E-state index >= 15 is 0 Å². The number of aromatic nitrogens is 2. The molecular weight excluding hydrogens is 242 g/mol. The summed E-state index contributed by atoms with van der Waals surface area (Å²) in [5, 5.41) is 9.63. The van der Waals surface area contributed by atoms with Gasteiger partial charge in [-0.1, -0.05) is 6.92 Å². The SMILES string of the molecule is Cc1[nH]nc(C(=O)NCC2(C)CCN(C)CC2)c1N. The monoisotopic (exact) mass is 265 g/mol. The van der Waals surface area contributed by atoms with E-state index in [1.165, 1.54) is 0 Å². The second kappa shape index (κ2) is 5.21. The Morgan fingerprint density at radius 3 is 2.68 bits per heavy atom. The molecule has 0 radical (unpaired) electrons. The van der Waals surface area contributed by atoms with Crippen LogP contribution in [0.25, 0.3) is 0 Å². The van der Waals surface area contributed by atoms with Crippen molar-refractivity contribution >= 4 is 11.6 Å². The molecule has 0 atom stereocenters. The van der Waals surface area contributed by atoms with Gasteiger partial charge in [-0.05, 0) is 45.3 Å². The molecule has 2 rings (SSSR count). The average molecular weight is 265 g/mol. The van der Waals surface area contributed by atoms with Crippen LogP contribution in [-0.4, -0.2) is 47.7 Å². The Hall–Kier alpha value is -1.56. The maximum atomic E-state index is 12.0. The van der Waals surface area contributed by atoms with Crippen LogP contribution in [0, 0.1) is 12.3 Å². The number of aryl methyl sites for hydroxylation is 1. The zero-order valence-electron chi connectivity index (χ0n) is 11.9. The number of piperidine rings is 1. The van der Waals surface area contributed by atoms with E-state index in [1.54, 1.807) is 6.92 Å². The summed E-state index contributed by atoms with van der Waals surface area (Å²) in [6.07, 6.45) is 2.19. The number of H-pyrrole nitrogens is 1. The Bertz CT molecular complexity index is 460. The van der Waals surface area contributed by atoms with E-state index in [4.69, 9.17) is 5.73 Å². The summed E-state index contributed by atoms with van der Waals surface area (Å²) in [5.41, 5.74) is 7.44. The van der Waals surface area contributed by atoms with Crippen molar-refractivity contribution < 1.29 is 4.79 Å². The molecule has 1 amide bonds. The van der Waals surface area contributed by atoms with Crippen molar-refractivity contribution in [1.29, 1.82) is 0 Å². The molecule has 0 saturated carbocycles. The van der Waals surface area contributed by atoms with Gasteiger partial charge in [0.25, 0.3) is 5.91 Å². The number of carbonyl (C=O) groups excluding carboxylic acids is 1. The van der Waals surface area contributed by atoms with Crippen LogP contribution < -0.4 is 11.1 Å². The van der Waals surface area contributed by atoms with Gasteiger partial charge in [0.2, 0.25) is 0 Å². The van der Waals surface area contributed by atoms with Crippen molar-refractivity contribution in [3.05, 3.63) is 11.4 Å². The number of carbonyl (C=O) groups is 1. The van der Waals surface area contributed by atoms with E-state index in [9.17, 15) is 4.79 Å². The predicted octanol–water partition coefficient (Wildman–Crippen LogP) is 0.762. The lowest BCUT2D eigenvalue weighted by Crippen LogP contribution is -2.43. The van der Waals surface area contributed by atoms with Crippen LogP contribution in [0.3, 0.4) is 0 Å². The zero-order chi connectivity index (χ0) is 14.0. The normalized spacial score (nSPS) is 19.3. The first-order valence-corrected chi connectivity index (χ1v) is 6.68. The number of anilines is 1. The Balaban J connectivity index is 1.92. The molecular formula is C13H23N5O. The van der Waals surface area contributed by atoms with E-state index in [0.717, 1.165) is 31.6 Å². The third-order valence-electron chi connectivity index (χ3n) is 4.08. The lowest BCUT2D eigenvalue weighted by atomic mass is 9.80. The van der Waals surface area contributed by atoms with Gasteiger partial charge in [-0.2, -0.15) is 5.10 Å². The van der Waals surface area contributed by atoms with Gasteiger partial charge >= 0.3 is 0 Å². The quantitative estimate of drug-likeness (QED) is 0.753. The van der Waals surface area contributed by atoms with Crippen molar-refractivity contribution in [2.24, 2.45) is 5.41 Å². The number of nitrogens with one attached hydrogen (secondary N) is 2. The zero-order valence-corrected chi connectivity index (χ0v) is 11.9. The molecule has 0 bridgehead atoms. The number of nitrogen functional groups attached to an aromatic ring is 1. The van der Waals surface area contributed by atoms with Gasteiger partial charge in [0, 0.05) is 6.54 Å². The highest BCUT2D eigenvalue weighted by Gasteiger charge is 2.29. The molecule has 0 unspecified atom stereocenters. The molecule has 1 aliphatic heterocycles. The standard InChI is InChI=1S/C13H23N5O/c1-9-10(14)11(17-16-9)12(19)15-8-13(2)4-6-18(3)7-5-13/h4-8,14H2,1-3H3,(H,15,19)(H,16,17).